The number of nitrogens with one attached hydrogen (secondary N) is 1. The van der Waals surface area contributed by atoms with Crippen molar-refractivity contribution in [1.29, 1.82) is 0 Å². The number of rotatable bonds is 5. The molecule has 1 aliphatic rings. The molecule has 0 aliphatic carbocycles. The van der Waals surface area contributed by atoms with E-state index in [2.05, 4.69) is 12.2 Å². The van der Waals surface area contributed by atoms with Gasteiger partial charge in [-0.3, -0.25) is 0 Å². The lowest BCUT2D eigenvalue weighted by Crippen LogP contribution is -2.45. The molecule has 0 saturated carbocycles. The van der Waals surface area contributed by atoms with Crippen molar-refractivity contribution >= 4 is 0 Å². The molecule has 11 heavy (non-hydrogen) atoms. The Morgan fingerprint density at radius 2 is 2.27 bits per heavy atom. The highest BCUT2D eigenvalue weighted by molar-refractivity contribution is 4.78. The van der Waals surface area contributed by atoms with Crippen molar-refractivity contribution in [1.82, 2.24) is 5.32 Å². The maximum atomic E-state index is 5.01. The van der Waals surface area contributed by atoms with Gasteiger partial charge in [-0.05, 0) is 37.8 Å². The summed E-state index contributed by atoms with van der Waals surface area (Å²) in [6.07, 6.45) is 2.54. The van der Waals surface area contributed by atoms with Gasteiger partial charge in [0.05, 0.1) is 0 Å². The van der Waals surface area contributed by atoms with Crippen LogP contribution in [0.25, 0.3) is 0 Å². The van der Waals surface area contributed by atoms with Crippen LogP contribution in [-0.2, 0) is 4.74 Å². The van der Waals surface area contributed by atoms with E-state index in [1.807, 2.05) is 0 Å². The van der Waals surface area contributed by atoms with Gasteiger partial charge < -0.3 is 10.1 Å². The minimum atomic E-state index is 0.881. The zero-order valence-electron chi connectivity index (χ0n) is 7.60. The van der Waals surface area contributed by atoms with E-state index in [1.165, 1.54) is 25.9 Å². The smallest absolute Gasteiger partial charge is 0.0462 e. The topological polar surface area (TPSA) is 21.3 Å². The first-order valence-electron chi connectivity index (χ1n) is 4.54. The highest BCUT2D eigenvalue weighted by Crippen LogP contribution is 2.20. The van der Waals surface area contributed by atoms with Gasteiger partial charge in [-0.25, -0.2) is 0 Å². The standard InChI is InChI=1S/C9H19NO/c1-8(4-3-5-11-2)9-6-10-7-9/h8-10H,3-7H2,1-2H3. The van der Waals surface area contributed by atoms with Gasteiger partial charge in [0.15, 0.2) is 0 Å². The summed E-state index contributed by atoms with van der Waals surface area (Å²) in [5.74, 6) is 1.82. The number of methoxy groups -OCH3 is 1. The van der Waals surface area contributed by atoms with E-state index in [0.29, 0.717) is 0 Å². The summed E-state index contributed by atoms with van der Waals surface area (Å²) < 4.78 is 5.01. The fraction of sp³-hybridized carbons (Fsp3) is 1.00. The fourth-order valence-corrected chi connectivity index (χ4v) is 1.50. The highest BCUT2D eigenvalue weighted by atomic mass is 16.5. The largest absolute Gasteiger partial charge is 0.385 e. The quantitative estimate of drug-likeness (QED) is 0.607. The van der Waals surface area contributed by atoms with Gasteiger partial charge in [-0.15, -0.1) is 0 Å². The summed E-state index contributed by atoms with van der Waals surface area (Å²) in [5.41, 5.74) is 0. The van der Waals surface area contributed by atoms with Crippen LogP contribution in [0.4, 0.5) is 0 Å². The van der Waals surface area contributed by atoms with Crippen LogP contribution in [0, 0.1) is 11.8 Å². The van der Waals surface area contributed by atoms with Crippen molar-refractivity contribution in [2.24, 2.45) is 11.8 Å². The average molecular weight is 157 g/mol. The molecule has 0 amide bonds. The summed E-state index contributed by atoms with van der Waals surface area (Å²) in [6.45, 7) is 5.73. The van der Waals surface area contributed by atoms with Crippen LogP contribution in [0.15, 0.2) is 0 Å². The van der Waals surface area contributed by atoms with Crippen LogP contribution in [0.3, 0.4) is 0 Å². The molecule has 66 valence electrons. The van der Waals surface area contributed by atoms with Gasteiger partial charge in [-0.1, -0.05) is 6.92 Å². The zero-order chi connectivity index (χ0) is 8.10. The molecule has 0 bridgehead atoms. The molecule has 0 radical (unpaired) electrons. The Labute approximate surface area is 69.3 Å². The van der Waals surface area contributed by atoms with Crippen LogP contribution in [0.2, 0.25) is 0 Å². The second kappa shape index (κ2) is 4.73. The van der Waals surface area contributed by atoms with Crippen molar-refractivity contribution in [3.05, 3.63) is 0 Å². The van der Waals surface area contributed by atoms with E-state index in [-0.39, 0.29) is 0 Å². The van der Waals surface area contributed by atoms with Crippen LogP contribution in [0.1, 0.15) is 19.8 Å². The summed E-state index contributed by atoms with van der Waals surface area (Å²) >= 11 is 0. The molecule has 1 aliphatic heterocycles. The molecule has 1 N–H and O–H groups in total. The van der Waals surface area contributed by atoms with Gasteiger partial charge in [0, 0.05) is 13.7 Å². The molecule has 0 spiro atoms. The second-order valence-corrected chi connectivity index (χ2v) is 3.53. The minimum Gasteiger partial charge on any atom is -0.385 e. The first kappa shape index (κ1) is 9.01. The molecule has 0 aromatic carbocycles. The minimum absolute atomic E-state index is 0.881. The van der Waals surface area contributed by atoms with Gasteiger partial charge in [0.1, 0.15) is 0 Å². The highest BCUT2D eigenvalue weighted by Gasteiger charge is 2.22. The Kier molecular flexibility index (Phi) is 3.87. The SMILES string of the molecule is COCCCC(C)C1CNC1. The van der Waals surface area contributed by atoms with Gasteiger partial charge in [0.25, 0.3) is 0 Å². The molecular weight excluding hydrogens is 138 g/mol. The van der Waals surface area contributed by atoms with Gasteiger partial charge in [-0.2, -0.15) is 0 Å². The van der Waals surface area contributed by atoms with E-state index in [1.54, 1.807) is 7.11 Å². The number of ether oxygens (including phenoxy) is 1. The molecule has 1 atom stereocenters. The number of hydrogen-bond acceptors (Lipinski definition) is 2. The van der Waals surface area contributed by atoms with Crippen molar-refractivity contribution in [3.63, 3.8) is 0 Å². The summed E-state index contributed by atoms with van der Waals surface area (Å²) in [7, 11) is 1.77. The maximum absolute atomic E-state index is 5.01. The lowest BCUT2D eigenvalue weighted by atomic mass is 9.86. The van der Waals surface area contributed by atoms with Crippen molar-refractivity contribution in [3.8, 4) is 0 Å². The maximum Gasteiger partial charge on any atom is 0.0462 e. The molecule has 1 heterocycles. The Morgan fingerprint density at radius 1 is 1.55 bits per heavy atom. The third-order valence-electron chi connectivity index (χ3n) is 2.63. The first-order chi connectivity index (χ1) is 5.34. The predicted molar refractivity (Wildman–Crippen MR) is 46.6 cm³/mol. The van der Waals surface area contributed by atoms with Gasteiger partial charge >= 0.3 is 0 Å². The second-order valence-electron chi connectivity index (χ2n) is 3.53. The van der Waals surface area contributed by atoms with Crippen LogP contribution >= 0.6 is 0 Å². The Bertz CT molecular complexity index is 102. The molecule has 1 fully saturated rings. The van der Waals surface area contributed by atoms with E-state index in [4.69, 9.17) is 4.74 Å². The van der Waals surface area contributed by atoms with Crippen LogP contribution < -0.4 is 5.32 Å². The lowest BCUT2D eigenvalue weighted by Gasteiger charge is -2.32. The Hall–Kier alpha value is -0.0800. The van der Waals surface area contributed by atoms with E-state index >= 15 is 0 Å². The van der Waals surface area contributed by atoms with E-state index in [0.717, 1.165) is 18.4 Å². The molecule has 1 saturated heterocycles. The molecule has 1 rings (SSSR count). The predicted octanol–water partition coefficient (Wildman–Crippen LogP) is 1.27. The molecule has 0 aromatic heterocycles. The first-order valence-corrected chi connectivity index (χ1v) is 4.54. The molecule has 2 heteroatoms. The van der Waals surface area contributed by atoms with E-state index < -0.39 is 0 Å². The molecule has 0 aromatic rings. The summed E-state index contributed by atoms with van der Waals surface area (Å²) in [5, 5.41) is 3.30. The zero-order valence-corrected chi connectivity index (χ0v) is 7.60. The monoisotopic (exact) mass is 157 g/mol. The molecular formula is C9H19NO. The van der Waals surface area contributed by atoms with Crippen molar-refractivity contribution in [2.45, 2.75) is 19.8 Å². The van der Waals surface area contributed by atoms with E-state index in [9.17, 15) is 0 Å². The third-order valence-corrected chi connectivity index (χ3v) is 2.63. The fourth-order valence-electron chi connectivity index (χ4n) is 1.50. The van der Waals surface area contributed by atoms with Gasteiger partial charge in [0.2, 0.25) is 0 Å². The Morgan fingerprint density at radius 3 is 2.73 bits per heavy atom. The van der Waals surface area contributed by atoms with Crippen LogP contribution in [-0.4, -0.2) is 26.8 Å². The normalized spacial score (nSPS) is 21.3. The number of hydrogen-bond donors (Lipinski definition) is 1. The summed E-state index contributed by atoms with van der Waals surface area (Å²) in [6, 6.07) is 0. The van der Waals surface area contributed by atoms with Crippen molar-refractivity contribution in [2.75, 3.05) is 26.8 Å². The molecule has 1 unspecified atom stereocenters. The third kappa shape index (κ3) is 2.80. The average Bonchev–Trinajstić information content (AvgIpc) is 1.84. The van der Waals surface area contributed by atoms with Crippen molar-refractivity contribution < 1.29 is 4.74 Å². The Balaban J connectivity index is 1.96. The summed E-state index contributed by atoms with van der Waals surface area (Å²) in [4.78, 5) is 0. The lowest BCUT2D eigenvalue weighted by molar-refractivity contribution is 0.171. The van der Waals surface area contributed by atoms with Crippen LogP contribution in [0.5, 0.6) is 0 Å². The molecule has 2 nitrogen and oxygen atoms in total.